The van der Waals surface area contributed by atoms with Crippen LogP contribution in [0.15, 0.2) is 46.5 Å². The SMILES string of the molecule is Cc1ccc(C(=O)COC2=CC(C)(C)N=N2)cc1. The standard InChI is InChI=1S/C14H16N2O2/c1-10-4-6-11(7-5-10)12(17)9-18-13-8-14(2,3)16-15-13/h4-8H,9H2,1-3H3. The van der Waals surface area contributed by atoms with Crippen molar-refractivity contribution in [1.82, 2.24) is 0 Å². The zero-order valence-electron chi connectivity index (χ0n) is 10.8. The molecule has 0 amide bonds. The molecule has 94 valence electrons. The van der Waals surface area contributed by atoms with Crippen LogP contribution in [0.25, 0.3) is 0 Å². The van der Waals surface area contributed by atoms with E-state index in [-0.39, 0.29) is 17.9 Å². The number of carbonyl (C=O) groups excluding carboxylic acids is 1. The molecule has 18 heavy (non-hydrogen) atoms. The average molecular weight is 244 g/mol. The zero-order valence-corrected chi connectivity index (χ0v) is 10.8. The number of hydrogen-bond acceptors (Lipinski definition) is 4. The first-order valence-electron chi connectivity index (χ1n) is 5.85. The van der Waals surface area contributed by atoms with Crippen molar-refractivity contribution in [3.05, 3.63) is 47.4 Å². The molecular weight excluding hydrogens is 228 g/mol. The van der Waals surface area contributed by atoms with E-state index >= 15 is 0 Å². The highest BCUT2D eigenvalue weighted by atomic mass is 16.5. The van der Waals surface area contributed by atoms with E-state index in [1.165, 1.54) is 0 Å². The van der Waals surface area contributed by atoms with Crippen LogP contribution in [0.2, 0.25) is 0 Å². The maximum Gasteiger partial charge on any atom is 0.231 e. The topological polar surface area (TPSA) is 51.0 Å². The third-order valence-electron chi connectivity index (χ3n) is 2.61. The van der Waals surface area contributed by atoms with Crippen molar-refractivity contribution >= 4 is 5.78 Å². The number of aryl methyl sites for hydroxylation is 1. The molecule has 0 radical (unpaired) electrons. The molecule has 0 N–H and O–H groups in total. The summed E-state index contributed by atoms with van der Waals surface area (Å²) in [6.45, 7) is 5.82. The van der Waals surface area contributed by atoms with Crippen LogP contribution in [0.3, 0.4) is 0 Å². The lowest BCUT2D eigenvalue weighted by atomic mass is 10.1. The lowest BCUT2D eigenvalue weighted by molar-refractivity contribution is 0.0860. The minimum absolute atomic E-state index is 0.00993. The van der Waals surface area contributed by atoms with Crippen LogP contribution in [0.1, 0.15) is 29.8 Å². The molecule has 0 bridgehead atoms. The normalized spacial score (nSPS) is 16.5. The molecule has 1 heterocycles. The first kappa shape index (κ1) is 12.5. The van der Waals surface area contributed by atoms with E-state index in [4.69, 9.17) is 4.74 Å². The highest BCUT2D eigenvalue weighted by Gasteiger charge is 2.21. The van der Waals surface area contributed by atoms with Gasteiger partial charge in [-0.3, -0.25) is 4.79 Å². The molecule has 2 rings (SSSR count). The van der Waals surface area contributed by atoms with Gasteiger partial charge in [0.05, 0.1) is 5.54 Å². The van der Waals surface area contributed by atoms with Gasteiger partial charge in [0.15, 0.2) is 12.4 Å². The second kappa shape index (κ2) is 4.72. The van der Waals surface area contributed by atoms with E-state index in [1.54, 1.807) is 18.2 Å². The predicted octanol–water partition coefficient (Wildman–Crippen LogP) is 3.28. The zero-order chi connectivity index (χ0) is 13.2. The van der Waals surface area contributed by atoms with Gasteiger partial charge in [0.2, 0.25) is 5.88 Å². The highest BCUT2D eigenvalue weighted by Crippen LogP contribution is 2.23. The summed E-state index contributed by atoms with van der Waals surface area (Å²) < 4.78 is 5.34. The largest absolute Gasteiger partial charge is 0.468 e. The molecule has 1 aromatic rings. The Balaban J connectivity index is 1.94. The molecule has 0 aliphatic carbocycles. The van der Waals surface area contributed by atoms with Gasteiger partial charge in [-0.15, -0.1) is 5.11 Å². The average Bonchev–Trinajstić information content (AvgIpc) is 2.67. The minimum Gasteiger partial charge on any atom is -0.468 e. The molecule has 0 saturated heterocycles. The number of ketones is 1. The summed E-state index contributed by atoms with van der Waals surface area (Å²) in [5.41, 5.74) is 1.44. The smallest absolute Gasteiger partial charge is 0.231 e. The first-order chi connectivity index (χ1) is 8.46. The van der Waals surface area contributed by atoms with Gasteiger partial charge in [-0.1, -0.05) is 29.8 Å². The maximum absolute atomic E-state index is 11.8. The summed E-state index contributed by atoms with van der Waals surface area (Å²) >= 11 is 0. The Hall–Kier alpha value is -1.97. The van der Waals surface area contributed by atoms with Gasteiger partial charge in [0, 0.05) is 11.6 Å². The molecule has 0 unspecified atom stereocenters. The van der Waals surface area contributed by atoms with E-state index < -0.39 is 0 Å². The number of rotatable bonds is 4. The Bertz CT molecular complexity index is 513. The second-order valence-electron chi connectivity index (χ2n) is 4.91. The Kier molecular flexibility index (Phi) is 3.28. The van der Waals surface area contributed by atoms with Gasteiger partial charge in [0.1, 0.15) is 0 Å². The Morgan fingerprint density at radius 1 is 1.28 bits per heavy atom. The number of Topliss-reactive ketones (excluding diaryl/α,β-unsaturated/α-hetero) is 1. The third kappa shape index (κ3) is 3.03. The number of hydrogen-bond donors (Lipinski definition) is 0. The Morgan fingerprint density at radius 3 is 2.50 bits per heavy atom. The molecular formula is C14H16N2O2. The van der Waals surface area contributed by atoms with Crippen LogP contribution < -0.4 is 0 Å². The Morgan fingerprint density at radius 2 is 1.94 bits per heavy atom. The fraction of sp³-hybridized carbons (Fsp3) is 0.357. The summed E-state index contributed by atoms with van der Waals surface area (Å²) in [7, 11) is 0. The van der Waals surface area contributed by atoms with Crippen molar-refractivity contribution in [3.63, 3.8) is 0 Å². The molecule has 4 heteroatoms. The van der Waals surface area contributed by atoms with Gasteiger partial charge in [-0.25, -0.2) is 0 Å². The molecule has 1 aromatic carbocycles. The highest BCUT2D eigenvalue weighted by molar-refractivity contribution is 5.97. The number of nitrogens with zero attached hydrogens (tertiary/aromatic N) is 2. The van der Waals surface area contributed by atoms with E-state index in [9.17, 15) is 4.79 Å². The van der Waals surface area contributed by atoms with Gasteiger partial charge < -0.3 is 4.74 Å². The predicted molar refractivity (Wildman–Crippen MR) is 68.5 cm³/mol. The fourth-order valence-corrected chi connectivity index (χ4v) is 1.57. The molecule has 4 nitrogen and oxygen atoms in total. The van der Waals surface area contributed by atoms with Crippen LogP contribution in [0, 0.1) is 6.92 Å². The van der Waals surface area contributed by atoms with E-state index in [1.807, 2.05) is 32.9 Å². The van der Waals surface area contributed by atoms with E-state index in [2.05, 4.69) is 10.2 Å². The maximum atomic E-state index is 11.8. The minimum atomic E-state index is -0.331. The van der Waals surface area contributed by atoms with Gasteiger partial charge in [0.25, 0.3) is 0 Å². The molecule has 0 aromatic heterocycles. The second-order valence-corrected chi connectivity index (χ2v) is 4.91. The molecule has 0 saturated carbocycles. The quantitative estimate of drug-likeness (QED) is 0.763. The van der Waals surface area contributed by atoms with E-state index in [0.717, 1.165) is 5.56 Å². The van der Waals surface area contributed by atoms with Crippen LogP contribution in [0.5, 0.6) is 0 Å². The Labute approximate surface area is 106 Å². The molecule has 0 fully saturated rings. The molecule has 0 spiro atoms. The number of ether oxygens (including phenoxy) is 1. The van der Waals surface area contributed by atoms with Crippen molar-refractivity contribution in [1.29, 1.82) is 0 Å². The van der Waals surface area contributed by atoms with Crippen molar-refractivity contribution in [2.24, 2.45) is 10.2 Å². The summed E-state index contributed by atoms with van der Waals surface area (Å²) in [4.78, 5) is 11.8. The monoisotopic (exact) mass is 244 g/mol. The molecule has 0 atom stereocenters. The van der Waals surface area contributed by atoms with Crippen LogP contribution in [0.4, 0.5) is 0 Å². The summed E-state index contributed by atoms with van der Waals surface area (Å²) in [5.74, 6) is 0.358. The van der Waals surface area contributed by atoms with Crippen LogP contribution in [-0.2, 0) is 4.74 Å². The van der Waals surface area contributed by atoms with Crippen LogP contribution >= 0.6 is 0 Å². The lowest BCUT2D eigenvalue weighted by Gasteiger charge is -2.05. The molecule has 1 aliphatic heterocycles. The lowest BCUT2D eigenvalue weighted by Crippen LogP contribution is -2.10. The van der Waals surface area contributed by atoms with Crippen molar-refractivity contribution in [2.45, 2.75) is 26.3 Å². The van der Waals surface area contributed by atoms with Crippen LogP contribution in [-0.4, -0.2) is 17.9 Å². The van der Waals surface area contributed by atoms with Crippen molar-refractivity contribution in [3.8, 4) is 0 Å². The summed E-state index contributed by atoms with van der Waals surface area (Å²) in [6.07, 6.45) is 1.80. The first-order valence-corrected chi connectivity index (χ1v) is 5.85. The fourth-order valence-electron chi connectivity index (χ4n) is 1.57. The number of azo groups is 1. The van der Waals surface area contributed by atoms with Gasteiger partial charge >= 0.3 is 0 Å². The number of carbonyl (C=O) groups is 1. The summed E-state index contributed by atoms with van der Waals surface area (Å²) in [6, 6.07) is 7.42. The van der Waals surface area contributed by atoms with Crippen molar-refractivity contribution in [2.75, 3.05) is 6.61 Å². The van der Waals surface area contributed by atoms with Gasteiger partial charge in [-0.05, 0) is 20.8 Å². The van der Waals surface area contributed by atoms with Crippen molar-refractivity contribution < 1.29 is 9.53 Å². The van der Waals surface area contributed by atoms with E-state index in [0.29, 0.717) is 11.4 Å². The summed E-state index contributed by atoms with van der Waals surface area (Å²) in [5, 5.41) is 7.89. The van der Waals surface area contributed by atoms with Gasteiger partial charge in [-0.2, -0.15) is 5.11 Å². The molecule has 1 aliphatic rings. The third-order valence-corrected chi connectivity index (χ3v) is 2.61. The number of benzene rings is 1.